The van der Waals surface area contributed by atoms with Gasteiger partial charge in [0.1, 0.15) is 0 Å². The molecule has 0 aliphatic heterocycles. The predicted octanol–water partition coefficient (Wildman–Crippen LogP) is 4.64. The third-order valence-corrected chi connectivity index (χ3v) is 4.13. The standard InChI is InChI=1S/C16H26ClNS/c1-16(2,3)18-12-13(9-10-19-4)11-14-7-5-6-8-15(14)17/h5-8,13,18H,9-12H2,1-4H3. The Bertz CT molecular complexity index is 373. The van der Waals surface area contributed by atoms with E-state index >= 15 is 0 Å². The Hall–Kier alpha value is -0.180. The van der Waals surface area contributed by atoms with Crippen LogP contribution in [0.1, 0.15) is 32.8 Å². The van der Waals surface area contributed by atoms with Gasteiger partial charge in [0.15, 0.2) is 0 Å². The lowest BCUT2D eigenvalue weighted by Crippen LogP contribution is -2.39. The van der Waals surface area contributed by atoms with Gasteiger partial charge in [-0.3, -0.25) is 0 Å². The van der Waals surface area contributed by atoms with Crippen molar-refractivity contribution in [2.75, 3.05) is 18.6 Å². The van der Waals surface area contributed by atoms with Crippen LogP contribution in [0.4, 0.5) is 0 Å². The summed E-state index contributed by atoms with van der Waals surface area (Å²) >= 11 is 8.18. The third-order valence-electron chi connectivity index (χ3n) is 3.12. The first kappa shape index (κ1) is 16.9. The topological polar surface area (TPSA) is 12.0 Å². The van der Waals surface area contributed by atoms with Crippen molar-refractivity contribution >= 4 is 23.4 Å². The summed E-state index contributed by atoms with van der Waals surface area (Å²) in [6.45, 7) is 7.70. The largest absolute Gasteiger partial charge is 0.312 e. The summed E-state index contributed by atoms with van der Waals surface area (Å²) < 4.78 is 0. The molecule has 0 fully saturated rings. The number of benzene rings is 1. The molecule has 0 aromatic heterocycles. The van der Waals surface area contributed by atoms with Crippen LogP contribution in [0, 0.1) is 5.92 Å². The highest BCUT2D eigenvalue weighted by Gasteiger charge is 2.15. The molecule has 0 aliphatic rings. The Kier molecular flexibility index (Phi) is 7.27. The van der Waals surface area contributed by atoms with Gasteiger partial charge in [-0.2, -0.15) is 11.8 Å². The fourth-order valence-corrected chi connectivity index (χ4v) is 2.77. The molecule has 0 spiro atoms. The molecule has 1 aromatic rings. The molecule has 0 aliphatic carbocycles. The first-order valence-electron chi connectivity index (χ1n) is 6.90. The van der Waals surface area contributed by atoms with Crippen molar-refractivity contribution in [3.05, 3.63) is 34.9 Å². The van der Waals surface area contributed by atoms with Crippen LogP contribution in [0.5, 0.6) is 0 Å². The summed E-state index contributed by atoms with van der Waals surface area (Å²) in [4.78, 5) is 0. The molecule has 108 valence electrons. The lowest BCUT2D eigenvalue weighted by molar-refractivity contribution is 0.364. The zero-order valence-electron chi connectivity index (χ0n) is 12.5. The summed E-state index contributed by atoms with van der Waals surface area (Å²) in [5, 5.41) is 4.51. The number of hydrogen-bond donors (Lipinski definition) is 1. The average molecular weight is 300 g/mol. The predicted molar refractivity (Wildman–Crippen MR) is 89.4 cm³/mol. The number of nitrogens with one attached hydrogen (secondary N) is 1. The summed E-state index contributed by atoms with van der Waals surface area (Å²) in [5.74, 6) is 1.85. The summed E-state index contributed by atoms with van der Waals surface area (Å²) in [5.41, 5.74) is 1.45. The van der Waals surface area contributed by atoms with Gasteiger partial charge < -0.3 is 5.32 Å². The van der Waals surface area contributed by atoms with Crippen LogP contribution >= 0.6 is 23.4 Å². The van der Waals surface area contributed by atoms with Crippen molar-refractivity contribution < 1.29 is 0 Å². The Morgan fingerprint density at radius 1 is 1.26 bits per heavy atom. The lowest BCUT2D eigenvalue weighted by Gasteiger charge is -2.25. The summed E-state index contributed by atoms with van der Waals surface area (Å²) in [6, 6.07) is 8.20. The monoisotopic (exact) mass is 299 g/mol. The fraction of sp³-hybridized carbons (Fsp3) is 0.625. The number of rotatable bonds is 7. The van der Waals surface area contributed by atoms with E-state index in [2.05, 4.69) is 44.5 Å². The Balaban J connectivity index is 2.61. The van der Waals surface area contributed by atoms with E-state index in [1.807, 2.05) is 23.9 Å². The van der Waals surface area contributed by atoms with E-state index in [4.69, 9.17) is 11.6 Å². The third kappa shape index (κ3) is 7.24. The van der Waals surface area contributed by atoms with Crippen LogP contribution in [0.25, 0.3) is 0 Å². The minimum absolute atomic E-state index is 0.179. The highest BCUT2D eigenvalue weighted by atomic mass is 35.5. The smallest absolute Gasteiger partial charge is 0.0438 e. The molecule has 3 heteroatoms. The maximum atomic E-state index is 6.27. The normalized spacial score (nSPS) is 13.5. The summed E-state index contributed by atoms with van der Waals surface area (Å²) in [6.07, 6.45) is 4.46. The molecule has 0 heterocycles. The molecule has 1 nitrogen and oxygen atoms in total. The molecule has 1 atom stereocenters. The zero-order chi connectivity index (χ0) is 14.3. The van der Waals surface area contributed by atoms with Gasteiger partial charge in [0.25, 0.3) is 0 Å². The second kappa shape index (κ2) is 8.18. The van der Waals surface area contributed by atoms with Crippen LogP contribution < -0.4 is 5.32 Å². The molecule has 1 N–H and O–H groups in total. The maximum Gasteiger partial charge on any atom is 0.0438 e. The number of thioether (sulfide) groups is 1. The Morgan fingerprint density at radius 2 is 1.95 bits per heavy atom. The molecule has 0 radical (unpaired) electrons. The van der Waals surface area contributed by atoms with Crippen molar-refractivity contribution in [3.8, 4) is 0 Å². The average Bonchev–Trinajstić information content (AvgIpc) is 2.34. The van der Waals surface area contributed by atoms with Gasteiger partial charge in [-0.1, -0.05) is 29.8 Å². The molecular formula is C16H26ClNS. The minimum Gasteiger partial charge on any atom is -0.312 e. The van der Waals surface area contributed by atoms with E-state index in [1.165, 1.54) is 17.7 Å². The highest BCUT2D eigenvalue weighted by molar-refractivity contribution is 7.98. The van der Waals surface area contributed by atoms with E-state index in [1.54, 1.807) is 0 Å². The molecule has 0 amide bonds. The molecule has 1 aromatic carbocycles. The Labute approximate surface area is 127 Å². The molecule has 19 heavy (non-hydrogen) atoms. The quantitative estimate of drug-likeness (QED) is 0.787. The van der Waals surface area contributed by atoms with E-state index in [9.17, 15) is 0 Å². The van der Waals surface area contributed by atoms with Crippen molar-refractivity contribution in [3.63, 3.8) is 0 Å². The van der Waals surface area contributed by atoms with Crippen molar-refractivity contribution in [1.82, 2.24) is 5.32 Å². The van der Waals surface area contributed by atoms with Crippen LogP contribution in [-0.2, 0) is 6.42 Å². The molecule has 1 unspecified atom stereocenters. The van der Waals surface area contributed by atoms with Gasteiger partial charge in [-0.15, -0.1) is 0 Å². The molecule has 0 saturated heterocycles. The lowest BCUT2D eigenvalue weighted by atomic mass is 9.95. The second-order valence-corrected chi connectivity index (χ2v) is 7.47. The van der Waals surface area contributed by atoms with Crippen molar-refractivity contribution in [2.45, 2.75) is 39.2 Å². The van der Waals surface area contributed by atoms with Crippen LogP contribution in [0.15, 0.2) is 24.3 Å². The van der Waals surface area contributed by atoms with Crippen LogP contribution in [-0.4, -0.2) is 24.1 Å². The highest BCUT2D eigenvalue weighted by Crippen LogP contribution is 2.21. The zero-order valence-corrected chi connectivity index (χ0v) is 14.1. The molecular weight excluding hydrogens is 274 g/mol. The number of halogens is 1. The van der Waals surface area contributed by atoms with Crippen molar-refractivity contribution in [2.24, 2.45) is 5.92 Å². The fourth-order valence-electron chi connectivity index (χ4n) is 1.99. The molecule has 1 rings (SSSR count). The second-order valence-electron chi connectivity index (χ2n) is 6.07. The molecule has 0 saturated carbocycles. The van der Waals surface area contributed by atoms with E-state index in [0.717, 1.165) is 18.0 Å². The minimum atomic E-state index is 0.179. The first-order chi connectivity index (χ1) is 8.92. The van der Waals surface area contributed by atoms with E-state index < -0.39 is 0 Å². The van der Waals surface area contributed by atoms with Crippen LogP contribution in [0.3, 0.4) is 0 Å². The van der Waals surface area contributed by atoms with E-state index in [0.29, 0.717) is 5.92 Å². The van der Waals surface area contributed by atoms with Gasteiger partial charge in [0, 0.05) is 10.6 Å². The Morgan fingerprint density at radius 3 is 2.53 bits per heavy atom. The SMILES string of the molecule is CSCCC(CNC(C)(C)C)Cc1ccccc1Cl. The first-order valence-corrected chi connectivity index (χ1v) is 8.67. The number of hydrogen-bond acceptors (Lipinski definition) is 2. The van der Waals surface area contributed by atoms with E-state index in [-0.39, 0.29) is 5.54 Å². The van der Waals surface area contributed by atoms with Crippen molar-refractivity contribution in [1.29, 1.82) is 0 Å². The summed E-state index contributed by atoms with van der Waals surface area (Å²) in [7, 11) is 0. The van der Waals surface area contributed by atoms with Crippen LogP contribution in [0.2, 0.25) is 5.02 Å². The van der Waals surface area contributed by atoms with Gasteiger partial charge in [0.2, 0.25) is 0 Å². The molecule has 0 bridgehead atoms. The van der Waals surface area contributed by atoms with Gasteiger partial charge >= 0.3 is 0 Å². The van der Waals surface area contributed by atoms with Gasteiger partial charge in [-0.25, -0.2) is 0 Å². The maximum absolute atomic E-state index is 6.27. The van der Waals surface area contributed by atoms with Gasteiger partial charge in [-0.05, 0) is 69.7 Å². The van der Waals surface area contributed by atoms with Gasteiger partial charge in [0.05, 0.1) is 0 Å².